The summed E-state index contributed by atoms with van der Waals surface area (Å²) in [5.74, 6) is 0. The Balaban J connectivity index is 1.35. The average molecular weight is 504 g/mol. The molecule has 0 unspecified atom stereocenters. The van der Waals surface area contributed by atoms with Crippen LogP contribution in [0.5, 0.6) is 0 Å². The largest absolute Gasteiger partial charge is 0.363 e. The third-order valence-corrected chi connectivity index (χ3v) is 7.50. The van der Waals surface area contributed by atoms with Gasteiger partial charge in [-0.05, 0) is 76.6 Å². The van der Waals surface area contributed by atoms with Crippen LogP contribution in [0.3, 0.4) is 0 Å². The molecule has 39 heavy (non-hydrogen) atoms. The summed E-state index contributed by atoms with van der Waals surface area (Å²) in [6.07, 6.45) is 6.79. The van der Waals surface area contributed by atoms with E-state index in [1.54, 1.807) is 0 Å². The number of anilines is 1. The van der Waals surface area contributed by atoms with Crippen LogP contribution in [-0.2, 0) is 13.1 Å². The molecule has 0 atom stereocenters. The zero-order chi connectivity index (χ0) is 26.6. The summed E-state index contributed by atoms with van der Waals surface area (Å²) in [5.41, 5.74) is 13.9. The van der Waals surface area contributed by atoms with Gasteiger partial charge in [-0.1, -0.05) is 132 Å². The molecule has 1 aliphatic rings. The maximum Gasteiger partial charge on any atom is 0.0433 e. The number of benzene rings is 5. The van der Waals surface area contributed by atoms with Crippen LogP contribution in [0.25, 0.3) is 23.8 Å². The van der Waals surface area contributed by atoms with Crippen molar-refractivity contribution in [1.82, 2.24) is 0 Å². The Kier molecular flexibility index (Phi) is 6.97. The second kappa shape index (κ2) is 11.0. The highest BCUT2D eigenvalue weighted by molar-refractivity contribution is 6.00. The minimum absolute atomic E-state index is 0.862. The molecule has 1 nitrogen and oxygen atoms in total. The SMILES string of the molecule is Cc1ccc(CN(Cc2ccc(C)cc2)c2ccc(C=C3c4ccccc4C=Cc4ccccc43)cc2)cc1. The van der Waals surface area contributed by atoms with Gasteiger partial charge in [-0.3, -0.25) is 0 Å². The van der Waals surface area contributed by atoms with Gasteiger partial charge in [0.05, 0.1) is 0 Å². The zero-order valence-corrected chi connectivity index (χ0v) is 22.6. The van der Waals surface area contributed by atoms with Crippen LogP contribution in [0.4, 0.5) is 5.69 Å². The van der Waals surface area contributed by atoms with Gasteiger partial charge in [0.15, 0.2) is 0 Å². The molecule has 1 heteroatoms. The van der Waals surface area contributed by atoms with E-state index in [0.29, 0.717) is 0 Å². The van der Waals surface area contributed by atoms with Crippen LogP contribution in [0.1, 0.15) is 50.1 Å². The summed E-state index contributed by atoms with van der Waals surface area (Å²) in [7, 11) is 0. The van der Waals surface area contributed by atoms with Crippen molar-refractivity contribution in [2.24, 2.45) is 0 Å². The van der Waals surface area contributed by atoms with Gasteiger partial charge in [0.1, 0.15) is 0 Å². The molecule has 0 bridgehead atoms. The molecule has 5 aromatic carbocycles. The third-order valence-electron chi connectivity index (χ3n) is 7.50. The topological polar surface area (TPSA) is 3.24 Å². The highest BCUT2D eigenvalue weighted by atomic mass is 15.1. The molecule has 0 spiro atoms. The van der Waals surface area contributed by atoms with E-state index in [-0.39, 0.29) is 0 Å². The van der Waals surface area contributed by atoms with Crippen LogP contribution in [0.2, 0.25) is 0 Å². The number of aryl methyl sites for hydroxylation is 2. The van der Waals surface area contributed by atoms with Crippen molar-refractivity contribution in [1.29, 1.82) is 0 Å². The Labute approximate surface area is 232 Å². The van der Waals surface area contributed by atoms with Gasteiger partial charge in [0.25, 0.3) is 0 Å². The Morgan fingerprint density at radius 2 is 0.974 bits per heavy atom. The fourth-order valence-corrected chi connectivity index (χ4v) is 5.27. The average Bonchev–Trinajstić information content (AvgIpc) is 3.13. The molecule has 0 N–H and O–H groups in total. The minimum atomic E-state index is 0.862. The molecule has 0 radical (unpaired) electrons. The number of fused-ring (bicyclic) bond motifs is 2. The van der Waals surface area contributed by atoms with E-state index in [1.165, 1.54) is 61.3 Å². The fourth-order valence-electron chi connectivity index (χ4n) is 5.27. The van der Waals surface area contributed by atoms with Gasteiger partial charge in [0.2, 0.25) is 0 Å². The summed E-state index contributed by atoms with van der Waals surface area (Å²) >= 11 is 0. The van der Waals surface area contributed by atoms with E-state index in [1.807, 2.05) is 0 Å². The molecule has 0 saturated heterocycles. The second-order valence-corrected chi connectivity index (χ2v) is 10.5. The summed E-state index contributed by atoms with van der Waals surface area (Å²) < 4.78 is 0. The van der Waals surface area contributed by atoms with Crippen LogP contribution >= 0.6 is 0 Å². The summed E-state index contributed by atoms with van der Waals surface area (Å²) in [4.78, 5) is 2.46. The molecule has 6 rings (SSSR count). The second-order valence-electron chi connectivity index (χ2n) is 10.5. The molecule has 190 valence electrons. The third kappa shape index (κ3) is 5.63. The molecule has 0 aromatic heterocycles. The summed E-state index contributed by atoms with van der Waals surface area (Å²) in [6.45, 7) is 6.01. The predicted molar refractivity (Wildman–Crippen MR) is 167 cm³/mol. The van der Waals surface area contributed by atoms with Crippen molar-refractivity contribution in [3.8, 4) is 0 Å². The van der Waals surface area contributed by atoms with Crippen molar-refractivity contribution < 1.29 is 0 Å². The molecule has 0 amide bonds. The van der Waals surface area contributed by atoms with Crippen LogP contribution in [-0.4, -0.2) is 0 Å². The smallest absolute Gasteiger partial charge is 0.0433 e. The fraction of sp³-hybridized carbons (Fsp3) is 0.105. The van der Waals surface area contributed by atoms with Crippen molar-refractivity contribution in [3.63, 3.8) is 0 Å². The lowest BCUT2D eigenvalue weighted by atomic mass is 9.92. The standard InChI is InChI=1S/C38H33N/c1-28-11-15-31(16-12-28)26-39(27-32-17-13-29(2)14-18-32)35-23-19-30(20-24-35)25-38-36-9-5-3-7-33(36)21-22-34-8-4-6-10-37(34)38/h3-25H,26-27H2,1-2H3. The van der Waals surface area contributed by atoms with Gasteiger partial charge in [-0.2, -0.15) is 0 Å². The normalized spacial score (nSPS) is 11.9. The van der Waals surface area contributed by atoms with Crippen LogP contribution in [0, 0.1) is 13.8 Å². The highest BCUT2D eigenvalue weighted by Crippen LogP contribution is 2.35. The lowest BCUT2D eigenvalue weighted by Crippen LogP contribution is -2.22. The van der Waals surface area contributed by atoms with E-state index >= 15 is 0 Å². The number of hydrogen-bond donors (Lipinski definition) is 0. The van der Waals surface area contributed by atoms with E-state index in [9.17, 15) is 0 Å². The van der Waals surface area contributed by atoms with Crippen LogP contribution < -0.4 is 4.90 Å². The molecular formula is C38H33N. The number of hydrogen-bond acceptors (Lipinski definition) is 1. The van der Waals surface area contributed by atoms with Crippen molar-refractivity contribution in [2.75, 3.05) is 4.90 Å². The van der Waals surface area contributed by atoms with Crippen molar-refractivity contribution in [2.45, 2.75) is 26.9 Å². The molecule has 0 saturated carbocycles. The Morgan fingerprint density at radius 1 is 0.513 bits per heavy atom. The van der Waals surface area contributed by atoms with Crippen molar-refractivity contribution in [3.05, 3.63) is 171 Å². The minimum Gasteiger partial charge on any atom is -0.363 e. The van der Waals surface area contributed by atoms with Gasteiger partial charge in [0, 0.05) is 18.8 Å². The first-order valence-electron chi connectivity index (χ1n) is 13.7. The van der Waals surface area contributed by atoms with E-state index < -0.39 is 0 Å². The number of nitrogens with zero attached hydrogens (tertiary/aromatic N) is 1. The molecule has 0 fully saturated rings. The van der Waals surface area contributed by atoms with Crippen LogP contribution in [0.15, 0.2) is 121 Å². The van der Waals surface area contributed by atoms with Gasteiger partial charge >= 0.3 is 0 Å². The highest BCUT2D eigenvalue weighted by Gasteiger charge is 2.15. The molecule has 0 heterocycles. The first kappa shape index (κ1) is 24.7. The summed E-state index contributed by atoms with van der Waals surface area (Å²) in [6, 6.07) is 44.1. The van der Waals surface area contributed by atoms with E-state index in [0.717, 1.165) is 13.1 Å². The quantitative estimate of drug-likeness (QED) is 0.219. The molecular weight excluding hydrogens is 470 g/mol. The molecule has 1 aliphatic carbocycles. The maximum atomic E-state index is 2.46. The summed E-state index contributed by atoms with van der Waals surface area (Å²) in [5, 5.41) is 0. The monoisotopic (exact) mass is 503 g/mol. The maximum absolute atomic E-state index is 2.46. The molecule has 5 aromatic rings. The Bertz CT molecular complexity index is 1540. The van der Waals surface area contributed by atoms with E-state index in [2.05, 4.69) is 158 Å². The predicted octanol–water partition coefficient (Wildman–Crippen LogP) is 9.58. The first-order chi connectivity index (χ1) is 19.1. The molecule has 0 aliphatic heterocycles. The Hall–Kier alpha value is -4.62. The Morgan fingerprint density at radius 3 is 1.46 bits per heavy atom. The van der Waals surface area contributed by atoms with Gasteiger partial charge in [-0.15, -0.1) is 0 Å². The lowest BCUT2D eigenvalue weighted by molar-refractivity contribution is 0.799. The van der Waals surface area contributed by atoms with Crippen molar-refractivity contribution >= 4 is 29.5 Å². The van der Waals surface area contributed by atoms with Gasteiger partial charge < -0.3 is 4.90 Å². The van der Waals surface area contributed by atoms with E-state index in [4.69, 9.17) is 0 Å². The lowest BCUT2D eigenvalue weighted by Gasteiger charge is -2.26. The zero-order valence-electron chi connectivity index (χ0n) is 22.6. The number of rotatable bonds is 6. The van der Waals surface area contributed by atoms with Gasteiger partial charge in [-0.25, -0.2) is 0 Å². The first-order valence-corrected chi connectivity index (χ1v) is 13.7.